The first kappa shape index (κ1) is 19.1. The second-order valence-electron chi connectivity index (χ2n) is 6.91. The predicted octanol–water partition coefficient (Wildman–Crippen LogP) is 4.45. The van der Waals surface area contributed by atoms with Crippen molar-refractivity contribution in [2.75, 3.05) is 11.9 Å². The Morgan fingerprint density at radius 1 is 1.24 bits per heavy atom. The number of anilines is 1. The number of imidazole rings is 1. The first-order valence-corrected chi connectivity index (χ1v) is 10.5. The maximum absolute atomic E-state index is 12.4. The molecule has 0 saturated carbocycles. The highest BCUT2D eigenvalue weighted by atomic mass is 32.1. The lowest BCUT2D eigenvalue weighted by Gasteiger charge is -2.13. The molecule has 0 bridgehead atoms. The van der Waals surface area contributed by atoms with E-state index in [1.807, 2.05) is 47.2 Å². The van der Waals surface area contributed by atoms with Gasteiger partial charge in [0.2, 0.25) is 5.91 Å². The van der Waals surface area contributed by atoms with Crippen LogP contribution in [0.5, 0.6) is 0 Å². The number of carbonyl (C=O) groups excluding carboxylic acids is 1. The first-order chi connectivity index (χ1) is 14.1. The van der Waals surface area contributed by atoms with Crippen LogP contribution in [0, 0.1) is 6.92 Å². The van der Waals surface area contributed by atoms with Crippen LogP contribution in [0.15, 0.2) is 60.4 Å². The maximum Gasteiger partial charge on any atom is 0.222 e. The molecule has 0 saturated heterocycles. The fourth-order valence-corrected chi connectivity index (χ4v) is 4.05. The van der Waals surface area contributed by atoms with Crippen molar-refractivity contribution in [2.45, 2.75) is 26.3 Å². The van der Waals surface area contributed by atoms with E-state index in [4.69, 9.17) is 4.98 Å². The highest BCUT2D eigenvalue weighted by molar-refractivity contribution is 7.10. The number of carbonyl (C=O) groups is 1. The van der Waals surface area contributed by atoms with E-state index in [1.165, 1.54) is 0 Å². The number of fused-ring (bicyclic) bond motifs is 1. The predicted molar refractivity (Wildman–Crippen MR) is 117 cm³/mol. The third kappa shape index (κ3) is 4.14. The van der Waals surface area contributed by atoms with Crippen molar-refractivity contribution in [1.29, 1.82) is 0 Å². The molecule has 1 amide bonds. The third-order valence-electron chi connectivity index (χ3n) is 4.82. The van der Waals surface area contributed by atoms with E-state index in [9.17, 15) is 4.79 Å². The van der Waals surface area contributed by atoms with E-state index < -0.39 is 0 Å². The van der Waals surface area contributed by atoms with Gasteiger partial charge in [-0.3, -0.25) is 14.2 Å². The Bertz CT molecular complexity index is 1120. The van der Waals surface area contributed by atoms with Crippen molar-refractivity contribution in [2.24, 2.45) is 0 Å². The second kappa shape index (κ2) is 8.45. The van der Waals surface area contributed by atoms with Gasteiger partial charge in [0.1, 0.15) is 11.5 Å². The number of hydrogen-bond acceptors (Lipinski definition) is 5. The summed E-state index contributed by atoms with van der Waals surface area (Å²) in [6, 6.07) is 12.2. The van der Waals surface area contributed by atoms with E-state index in [-0.39, 0.29) is 11.9 Å². The Morgan fingerprint density at radius 3 is 2.90 bits per heavy atom. The fraction of sp³-hybridized carbons (Fsp3) is 0.227. The van der Waals surface area contributed by atoms with Crippen LogP contribution in [0.25, 0.3) is 16.9 Å². The molecule has 0 aliphatic heterocycles. The summed E-state index contributed by atoms with van der Waals surface area (Å²) in [7, 11) is 0. The molecule has 7 heteroatoms. The lowest BCUT2D eigenvalue weighted by atomic mass is 10.1. The first-order valence-electron chi connectivity index (χ1n) is 9.58. The lowest BCUT2D eigenvalue weighted by Crippen LogP contribution is -2.27. The Kier molecular flexibility index (Phi) is 5.57. The second-order valence-corrected chi connectivity index (χ2v) is 7.89. The molecular weight excluding hydrogens is 382 g/mol. The van der Waals surface area contributed by atoms with E-state index in [0.29, 0.717) is 13.0 Å². The number of amides is 1. The Balaban J connectivity index is 1.50. The van der Waals surface area contributed by atoms with Crippen molar-refractivity contribution in [3.63, 3.8) is 0 Å². The molecule has 0 aliphatic rings. The minimum absolute atomic E-state index is 0.0197. The van der Waals surface area contributed by atoms with Gasteiger partial charge in [0.15, 0.2) is 5.65 Å². The van der Waals surface area contributed by atoms with Gasteiger partial charge in [-0.05, 0) is 30.9 Å². The Morgan fingerprint density at radius 2 is 2.10 bits per heavy atom. The number of thiophene rings is 1. The molecule has 4 rings (SSSR count). The molecule has 29 heavy (non-hydrogen) atoms. The molecule has 3 heterocycles. The smallest absolute Gasteiger partial charge is 0.222 e. The van der Waals surface area contributed by atoms with Gasteiger partial charge in [0.05, 0.1) is 12.2 Å². The standard InChI is InChI=1S/C22H23N5OS/c1-15-6-3-4-7-17(15)21-22(27-12-11-23-14-19(27)26-21)24-10-9-20(28)25-16(2)18-8-5-13-29-18/h3-8,11-14,16,24H,9-10H2,1-2H3,(H,25,28). The molecule has 2 N–H and O–H groups in total. The van der Waals surface area contributed by atoms with Crippen LogP contribution in [0.3, 0.4) is 0 Å². The molecule has 1 atom stereocenters. The summed E-state index contributed by atoms with van der Waals surface area (Å²) < 4.78 is 1.97. The average molecular weight is 406 g/mol. The summed E-state index contributed by atoms with van der Waals surface area (Å²) in [5.74, 6) is 0.891. The quantitative estimate of drug-likeness (QED) is 0.477. The largest absolute Gasteiger partial charge is 0.369 e. The van der Waals surface area contributed by atoms with Crippen molar-refractivity contribution >= 4 is 28.7 Å². The highest BCUT2D eigenvalue weighted by Crippen LogP contribution is 2.30. The summed E-state index contributed by atoms with van der Waals surface area (Å²) in [4.78, 5) is 22.5. The van der Waals surface area contributed by atoms with Crippen molar-refractivity contribution < 1.29 is 4.79 Å². The fourth-order valence-electron chi connectivity index (χ4n) is 3.32. The molecule has 0 radical (unpaired) electrons. The van der Waals surface area contributed by atoms with Crippen molar-refractivity contribution in [3.05, 3.63) is 70.8 Å². The van der Waals surface area contributed by atoms with Gasteiger partial charge in [-0.1, -0.05) is 30.3 Å². The average Bonchev–Trinajstić information content (AvgIpc) is 3.37. The zero-order chi connectivity index (χ0) is 20.2. The summed E-state index contributed by atoms with van der Waals surface area (Å²) in [5.41, 5.74) is 3.84. The number of nitrogens with zero attached hydrogens (tertiary/aromatic N) is 3. The SMILES string of the molecule is Cc1ccccc1-c1nc2cnccn2c1NCCC(=O)NC(C)c1cccs1. The van der Waals surface area contributed by atoms with Gasteiger partial charge < -0.3 is 10.6 Å². The van der Waals surface area contributed by atoms with Gasteiger partial charge in [-0.25, -0.2) is 4.98 Å². The topological polar surface area (TPSA) is 71.3 Å². The number of nitrogens with one attached hydrogen (secondary N) is 2. The zero-order valence-electron chi connectivity index (χ0n) is 16.4. The van der Waals surface area contributed by atoms with Gasteiger partial charge in [0.25, 0.3) is 0 Å². The molecule has 148 valence electrons. The monoisotopic (exact) mass is 405 g/mol. The summed E-state index contributed by atoms with van der Waals surface area (Å²) in [6.07, 6.45) is 5.73. The minimum Gasteiger partial charge on any atom is -0.369 e. The minimum atomic E-state index is 0.0197. The maximum atomic E-state index is 12.4. The number of aromatic nitrogens is 3. The highest BCUT2D eigenvalue weighted by Gasteiger charge is 2.16. The normalized spacial score (nSPS) is 12.1. The van der Waals surface area contributed by atoms with E-state index >= 15 is 0 Å². The molecular formula is C22H23N5OS. The van der Waals surface area contributed by atoms with E-state index in [0.717, 1.165) is 33.2 Å². The van der Waals surface area contributed by atoms with Crippen LogP contribution in [0.1, 0.15) is 29.8 Å². The molecule has 3 aromatic heterocycles. The molecule has 1 aromatic carbocycles. The van der Waals surface area contributed by atoms with E-state index in [2.05, 4.69) is 34.7 Å². The third-order valence-corrected chi connectivity index (χ3v) is 5.88. The van der Waals surface area contributed by atoms with Gasteiger partial charge in [-0.15, -0.1) is 11.3 Å². The van der Waals surface area contributed by atoms with Crippen LogP contribution < -0.4 is 10.6 Å². The van der Waals surface area contributed by atoms with Gasteiger partial charge in [-0.2, -0.15) is 0 Å². The molecule has 4 aromatic rings. The van der Waals surface area contributed by atoms with Crippen LogP contribution in [-0.4, -0.2) is 26.8 Å². The Hall–Kier alpha value is -3.19. The summed E-state index contributed by atoms with van der Waals surface area (Å²) >= 11 is 1.65. The van der Waals surface area contributed by atoms with Crippen LogP contribution in [0.2, 0.25) is 0 Å². The number of rotatable bonds is 7. The van der Waals surface area contributed by atoms with Crippen LogP contribution in [0.4, 0.5) is 5.82 Å². The van der Waals surface area contributed by atoms with Gasteiger partial charge in [0, 0.05) is 35.8 Å². The zero-order valence-corrected chi connectivity index (χ0v) is 17.2. The van der Waals surface area contributed by atoms with Crippen LogP contribution >= 0.6 is 11.3 Å². The molecule has 0 spiro atoms. The van der Waals surface area contributed by atoms with Gasteiger partial charge >= 0.3 is 0 Å². The van der Waals surface area contributed by atoms with Crippen LogP contribution in [-0.2, 0) is 4.79 Å². The molecule has 0 fully saturated rings. The lowest BCUT2D eigenvalue weighted by molar-refractivity contribution is -0.121. The Labute approximate surface area is 173 Å². The number of hydrogen-bond donors (Lipinski definition) is 2. The number of aryl methyl sites for hydroxylation is 1. The summed E-state index contributed by atoms with van der Waals surface area (Å²) in [6.45, 7) is 4.59. The van der Waals surface area contributed by atoms with E-state index in [1.54, 1.807) is 23.7 Å². The molecule has 0 aliphatic carbocycles. The van der Waals surface area contributed by atoms with Crippen molar-refractivity contribution in [1.82, 2.24) is 19.7 Å². The summed E-state index contributed by atoms with van der Waals surface area (Å²) in [5, 5.41) is 8.49. The molecule has 1 unspecified atom stereocenters. The van der Waals surface area contributed by atoms with Crippen molar-refractivity contribution in [3.8, 4) is 11.3 Å². The molecule has 6 nitrogen and oxygen atoms in total. The number of benzene rings is 1.